The highest BCUT2D eigenvalue weighted by Gasteiger charge is 2.43. The molecule has 2 aliphatic carbocycles. The number of thiophene rings is 1. The third kappa shape index (κ3) is 4.75. The first-order valence-electron chi connectivity index (χ1n) is 19.8. The first-order chi connectivity index (χ1) is 27.7. The summed E-state index contributed by atoms with van der Waals surface area (Å²) >= 11 is 1.76. The average molecular weight is 737 g/mol. The lowest BCUT2D eigenvalue weighted by Gasteiger charge is -2.36. The summed E-state index contributed by atoms with van der Waals surface area (Å²) in [6, 6.07) is 57.1. The Hall–Kier alpha value is -6.36. The van der Waals surface area contributed by atoms with Crippen LogP contribution in [0.2, 0.25) is 0 Å². The fourth-order valence-corrected chi connectivity index (χ4v) is 11.0. The van der Waals surface area contributed by atoms with Gasteiger partial charge in [-0.05, 0) is 82.1 Å². The molecule has 10 aromatic rings. The number of benzene rings is 7. The predicted molar refractivity (Wildman–Crippen MR) is 233 cm³/mol. The van der Waals surface area contributed by atoms with Crippen LogP contribution in [-0.2, 0) is 5.41 Å². The van der Waals surface area contributed by atoms with Gasteiger partial charge in [-0.25, -0.2) is 9.97 Å². The van der Waals surface area contributed by atoms with Crippen molar-refractivity contribution >= 4 is 53.6 Å². The number of para-hydroxylation sites is 1. The molecule has 0 aliphatic heterocycles. The summed E-state index contributed by atoms with van der Waals surface area (Å²) in [6.45, 7) is 0. The topological polar surface area (TPSA) is 38.9 Å². The minimum absolute atomic E-state index is 0.150. The van der Waals surface area contributed by atoms with E-state index in [0.717, 1.165) is 65.8 Å². The molecule has 56 heavy (non-hydrogen) atoms. The summed E-state index contributed by atoms with van der Waals surface area (Å²) in [5.41, 5.74) is 16.4. The summed E-state index contributed by atoms with van der Waals surface area (Å²) in [7, 11) is 0. The molecule has 266 valence electrons. The molecule has 0 N–H and O–H groups in total. The van der Waals surface area contributed by atoms with Crippen molar-refractivity contribution in [3.05, 3.63) is 169 Å². The molecule has 0 unspecified atom stereocenters. The van der Waals surface area contributed by atoms with Crippen LogP contribution in [-0.4, -0.2) is 9.97 Å². The van der Waals surface area contributed by atoms with Gasteiger partial charge in [-0.1, -0.05) is 147 Å². The Morgan fingerprint density at radius 3 is 2.07 bits per heavy atom. The summed E-state index contributed by atoms with van der Waals surface area (Å²) in [5, 5.41) is 3.36. The van der Waals surface area contributed by atoms with E-state index in [9.17, 15) is 0 Å². The highest BCUT2D eigenvalue weighted by molar-refractivity contribution is 7.26. The van der Waals surface area contributed by atoms with Crippen molar-refractivity contribution in [2.75, 3.05) is 0 Å². The Balaban J connectivity index is 0.996. The third-order valence-electron chi connectivity index (χ3n) is 12.5. The maximum atomic E-state index is 6.77. The van der Waals surface area contributed by atoms with E-state index in [0.29, 0.717) is 0 Å². The zero-order valence-electron chi connectivity index (χ0n) is 30.8. The van der Waals surface area contributed by atoms with Crippen LogP contribution in [0.15, 0.2) is 162 Å². The van der Waals surface area contributed by atoms with Gasteiger partial charge in [0.15, 0.2) is 5.82 Å². The van der Waals surface area contributed by atoms with E-state index >= 15 is 0 Å². The van der Waals surface area contributed by atoms with Gasteiger partial charge in [0, 0.05) is 43.0 Å². The van der Waals surface area contributed by atoms with E-state index in [1.807, 2.05) is 0 Å². The number of fused-ring (bicyclic) bond motifs is 11. The molecule has 3 aromatic heterocycles. The van der Waals surface area contributed by atoms with E-state index in [-0.39, 0.29) is 5.41 Å². The molecule has 0 amide bonds. The average Bonchev–Trinajstić information content (AvgIpc) is 3.92. The van der Waals surface area contributed by atoms with Crippen molar-refractivity contribution in [2.24, 2.45) is 0 Å². The fourth-order valence-electron chi connectivity index (χ4n) is 9.86. The Kier molecular flexibility index (Phi) is 7.03. The number of furan rings is 1. The maximum Gasteiger partial charge on any atom is 0.160 e. The zero-order valence-corrected chi connectivity index (χ0v) is 31.6. The molecule has 1 spiro atoms. The van der Waals surface area contributed by atoms with Crippen LogP contribution in [0.3, 0.4) is 0 Å². The third-order valence-corrected chi connectivity index (χ3v) is 13.7. The first-order valence-corrected chi connectivity index (χ1v) is 20.6. The van der Waals surface area contributed by atoms with Crippen LogP contribution in [0.5, 0.6) is 0 Å². The number of hydrogen-bond acceptors (Lipinski definition) is 4. The summed E-state index contributed by atoms with van der Waals surface area (Å²) in [5.74, 6) is 0.725. The molecule has 4 heteroatoms. The second-order valence-corrected chi connectivity index (χ2v) is 16.6. The quantitative estimate of drug-likeness (QED) is 0.181. The van der Waals surface area contributed by atoms with Crippen LogP contribution in [0, 0.1) is 0 Å². The van der Waals surface area contributed by atoms with Gasteiger partial charge in [0.1, 0.15) is 11.2 Å². The van der Waals surface area contributed by atoms with Crippen molar-refractivity contribution in [3.8, 4) is 56.0 Å². The standard InChI is InChI=1S/C52H36N2OS/c1-3-12-32(13-4-1)33-20-22-34(23-21-33)51-53-47(50-48(54-51)40-15-6-8-19-46(40)56-50)36-25-27-45-42(31-36)39-17-11-16-37(49(39)55-45)35-24-26-44-41(30-35)38-14-5-7-18-43(38)52(44)28-9-2-10-29-52/h1,3-8,11-27,30-31H,2,9-10,28-29H2. The van der Waals surface area contributed by atoms with Crippen molar-refractivity contribution in [1.82, 2.24) is 9.97 Å². The molecule has 0 atom stereocenters. The SMILES string of the molecule is c1ccc(-c2ccc(-c3nc(-c4ccc5oc6c(-c7ccc8c(c7)-c7ccccc7C87CCCCC7)cccc6c5c4)c4sc5ccccc5c4n3)cc2)cc1. The zero-order chi connectivity index (χ0) is 36.8. The molecule has 7 aromatic carbocycles. The Morgan fingerprint density at radius 1 is 0.482 bits per heavy atom. The van der Waals surface area contributed by atoms with Crippen molar-refractivity contribution < 1.29 is 4.42 Å². The van der Waals surface area contributed by atoms with E-state index in [2.05, 4.69) is 158 Å². The van der Waals surface area contributed by atoms with Crippen LogP contribution in [0.1, 0.15) is 43.2 Å². The second-order valence-electron chi connectivity index (χ2n) is 15.6. The van der Waals surface area contributed by atoms with Crippen LogP contribution < -0.4 is 0 Å². The molecular formula is C52H36N2OS. The largest absolute Gasteiger partial charge is 0.455 e. The lowest BCUT2D eigenvalue weighted by Crippen LogP contribution is -2.27. The van der Waals surface area contributed by atoms with Gasteiger partial charge in [0.2, 0.25) is 0 Å². The molecule has 0 radical (unpaired) electrons. The summed E-state index contributed by atoms with van der Waals surface area (Å²) < 4.78 is 9.08. The highest BCUT2D eigenvalue weighted by atomic mass is 32.1. The van der Waals surface area contributed by atoms with Gasteiger partial charge in [-0.2, -0.15) is 0 Å². The molecule has 1 fully saturated rings. The monoisotopic (exact) mass is 736 g/mol. The molecule has 3 nitrogen and oxygen atoms in total. The molecule has 0 saturated heterocycles. The van der Waals surface area contributed by atoms with Gasteiger partial charge in [-0.3, -0.25) is 0 Å². The van der Waals surface area contributed by atoms with E-state index in [1.54, 1.807) is 11.3 Å². The second kappa shape index (κ2) is 12.3. The number of nitrogens with zero attached hydrogens (tertiary/aromatic N) is 2. The van der Waals surface area contributed by atoms with Gasteiger partial charge < -0.3 is 4.42 Å². The number of hydrogen-bond donors (Lipinski definition) is 0. The van der Waals surface area contributed by atoms with Crippen LogP contribution in [0.25, 0.3) is 98.3 Å². The predicted octanol–water partition coefficient (Wildman–Crippen LogP) is 14.6. The summed E-state index contributed by atoms with van der Waals surface area (Å²) in [4.78, 5) is 10.5. The molecule has 1 saturated carbocycles. The first kappa shape index (κ1) is 31.9. The lowest BCUT2D eigenvalue weighted by atomic mass is 9.68. The summed E-state index contributed by atoms with van der Waals surface area (Å²) in [6.07, 6.45) is 6.40. The fraction of sp³-hybridized carbons (Fsp3) is 0.115. The van der Waals surface area contributed by atoms with E-state index in [1.165, 1.54) is 75.7 Å². The number of aromatic nitrogens is 2. The molecular weight excluding hydrogens is 701 g/mol. The normalized spacial score (nSPS) is 14.6. The maximum absolute atomic E-state index is 6.77. The van der Waals surface area contributed by atoms with Crippen molar-refractivity contribution in [1.29, 1.82) is 0 Å². The minimum Gasteiger partial charge on any atom is -0.455 e. The molecule has 2 aliphatic rings. The van der Waals surface area contributed by atoms with E-state index < -0.39 is 0 Å². The molecule has 3 heterocycles. The molecule has 12 rings (SSSR count). The van der Waals surface area contributed by atoms with Gasteiger partial charge >= 0.3 is 0 Å². The van der Waals surface area contributed by atoms with Crippen LogP contribution in [0.4, 0.5) is 0 Å². The number of rotatable bonds is 4. The van der Waals surface area contributed by atoms with Gasteiger partial charge in [-0.15, -0.1) is 11.3 Å². The van der Waals surface area contributed by atoms with Crippen molar-refractivity contribution in [2.45, 2.75) is 37.5 Å². The van der Waals surface area contributed by atoms with E-state index in [4.69, 9.17) is 14.4 Å². The Labute approximate surface area is 328 Å². The van der Waals surface area contributed by atoms with Crippen LogP contribution >= 0.6 is 11.3 Å². The van der Waals surface area contributed by atoms with Gasteiger partial charge in [0.05, 0.1) is 15.9 Å². The van der Waals surface area contributed by atoms with Crippen molar-refractivity contribution in [3.63, 3.8) is 0 Å². The molecule has 0 bridgehead atoms. The smallest absolute Gasteiger partial charge is 0.160 e. The van der Waals surface area contributed by atoms with Gasteiger partial charge in [0.25, 0.3) is 0 Å². The Morgan fingerprint density at radius 2 is 1.18 bits per heavy atom. The highest BCUT2D eigenvalue weighted by Crippen LogP contribution is 2.56. The lowest BCUT2D eigenvalue weighted by molar-refractivity contribution is 0.353. The minimum atomic E-state index is 0.150. The Bertz CT molecular complexity index is 3170.